The average molecular weight is 295 g/mol. The average Bonchev–Trinajstić information content (AvgIpc) is 2.37. The monoisotopic (exact) mass is 294 g/mol. The second kappa shape index (κ2) is 12.3. The Kier molecular flexibility index (Phi) is 12.1. The smallest absolute Gasteiger partial charge is 0.0321 e. The molecule has 0 spiro atoms. The highest BCUT2D eigenvalue weighted by molar-refractivity contribution is 5.06. The highest BCUT2D eigenvalue weighted by Gasteiger charge is 2.06. The predicted octanol–water partition coefficient (Wildman–Crippen LogP) is 7.78. The van der Waals surface area contributed by atoms with E-state index in [2.05, 4.69) is 48.5 Å². The topological polar surface area (TPSA) is 0 Å². The first kappa shape index (κ1) is 20.7. The number of hydrogen-bond acceptors (Lipinski definition) is 0. The van der Waals surface area contributed by atoms with E-state index >= 15 is 0 Å². The highest BCUT2D eigenvalue weighted by atomic mass is 14.1. The molecule has 0 saturated heterocycles. The minimum atomic E-state index is 0.876. The molecule has 2 atom stereocenters. The molecular formula is C21H42. The molecule has 0 aromatic carbocycles. The zero-order chi connectivity index (χ0) is 16.3. The van der Waals surface area contributed by atoms with Crippen LogP contribution in [-0.2, 0) is 0 Å². The molecule has 0 aliphatic carbocycles. The summed E-state index contributed by atoms with van der Waals surface area (Å²) in [5.74, 6) is 2.73. The Morgan fingerprint density at radius 3 is 1.48 bits per heavy atom. The molecule has 0 fully saturated rings. The van der Waals surface area contributed by atoms with Crippen molar-refractivity contribution in [2.45, 2.75) is 106 Å². The van der Waals surface area contributed by atoms with Crippen molar-refractivity contribution in [1.29, 1.82) is 0 Å². The van der Waals surface area contributed by atoms with Gasteiger partial charge in [0.05, 0.1) is 0 Å². The van der Waals surface area contributed by atoms with Gasteiger partial charge < -0.3 is 0 Å². The molecule has 0 heterocycles. The van der Waals surface area contributed by atoms with E-state index in [1.54, 1.807) is 5.57 Å². The van der Waals surface area contributed by atoms with Gasteiger partial charge in [-0.2, -0.15) is 0 Å². The maximum atomic E-state index is 2.45. The van der Waals surface area contributed by atoms with Gasteiger partial charge in [-0.3, -0.25) is 0 Å². The van der Waals surface area contributed by atoms with Crippen molar-refractivity contribution >= 4 is 0 Å². The van der Waals surface area contributed by atoms with Crippen LogP contribution in [0.3, 0.4) is 0 Å². The van der Waals surface area contributed by atoms with Crippen molar-refractivity contribution in [1.82, 2.24) is 0 Å². The van der Waals surface area contributed by atoms with Gasteiger partial charge in [0, 0.05) is 0 Å². The summed E-state index contributed by atoms with van der Waals surface area (Å²) in [6, 6.07) is 0. The summed E-state index contributed by atoms with van der Waals surface area (Å²) < 4.78 is 0. The van der Waals surface area contributed by atoms with E-state index < -0.39 is 0 Å². The molecule has 0 aliphatic rings. The Balaban J connectivity index is 3.56. The van der Waals surface area contributed by atoms with Gasteiger partial charge in [-0.15, -0.1) is 0 Å². The van der Waals surface area contributed by atoms with Gasteiger partial charge in [0.15, 0.2) is 0 Å². The summed E-state index contributed by atoms with van der Waals surface area (Å²) in [7, 11) is 0. The predicted molar refractivity (Wildman–Crippen MR) is 98.8 cm³/mol. The third-order valence-corrected chi connectivity index (χ3v) is 4.97. The van der Waals surface area contributed by atoms with Gasteiger partial charge in [-0.1, -0.05) is 83.8 Å². The molecule has 0 heteroatoms. The third-order valence-electron chi connectivity index (χ3n) is 4.97. The maximum Gasteiger partial charge on any atom is -0.0321 e. The van der Waals surface area contributed by atoms with E-state index in [9.17, 15) is 0 Å². The van der Waals surface area contributed by atoms with E-state index in [4.69, 9.17) is 0 Å². The van der Waals surface area contributed by atoms with Crippen LogP contribution in [0.1, 0.15) is 106 Å². The van der Waals surface area contributed by atoms with Crippen LogP contribution in [0.4, 0.5) is 0 Å². The molecule has 0 unspecified atom stereocenters. The maximum absolute atomic E-state index is 2.45. The summed E-state index contributed by atoms with van der Waals surface area (Å²) in [4.78, 5) is 0. The lowest BCUT2D eigenvalue weighted by atomic mass is 9.91. The van der Waals surface area contributed by atoms with Crippen LogP contribution in [0, 0.1) is 17.8 Å². The lowest BCUT2D eigenvalue weighted by Gasteiger charge is -2.15. The summed E-state index contributed by atoms with van der Waals surface area (Å²) in [5, 5.41) is 0. The summed E-state index contributed by atoms with van der Waals surface area (Å²) in [6.07, 6.45) is 12.7. The summed E-state index contributed by atoms with van der Waals surface area (Å²) in [6.45, 7) is 16.3. The van der Waals surface area contributed by atoms with Gasteiger partial charge >= 0.3 is 0 Å². The zero-order valence-electron chi connectivity index (χ0n) is 16.1. The number of rotatable bonds is 12. The molecule has 0 aromatic heterocycles. The lowest BCUT2D eigenvalue weighted by molar-refractivity contribution is 0.389. The van der Waals surface area contributed by atoms with Crippen molar-refractivity contribution < 1.29 is 0 Å². The molecule has 0 rings (SSSR count). The highest BCUT2D eigenvalue weighted by Crippen LogP contribution is 2.22. The van der Waals surface area contributed by atoms with Crippen LogP contribution >= 0.6 is 0 Å². The van der Waals surface area contributed by atoms with Crippen LogP contribution in [0.25, 0.3) is 0 Å². The van der Waals surface area contributed by atoms with E-state index in [1.807, 2.05) is 0 Å². The Morgan fingerprint density at radius 1 is 0.619 bits per heavy atom. The zero-order valence-corrected chi connectivity index (χ0v) is 16.1. The second-order valence-corrected chi connectivity index (χ2v) is 8.14. The standard InChI is InChI=1S/C21H42/c1-17(2)11-8-12-19(5)13-9-14-20(6)15-10-16-21(7)18(3)4/h17,19-20H,8-16H2,1-7H3/t19-,20-/m1/s1. The molecule has 0 aromatic rings. The Morgan fingerprint density at radius 2 is 1.05 bits per heavy atom. The van der Waals surface area contributed by atoms with E-state index in [-0.39, 0.29) is 0 Å². The molecule has 0 bridgehead atoms. The van der Waals surface area contributed by atoms with Gasteiger partial charge in [0.1, 0.15) is 0 Å². The molecule has 126 valence electrons. The van der Waals surface area contributed by atoms with Crippen LogP contribution < -0.4 is 0 Å². The van der Waals surface area contributed by atoms with Crippen LogP contribution in [-0.4, -0.2) is 0 Å². The molecule has 0 nitrogen and oxygen atoms in total. The minimum absolute atomic E-state index is 0.876. The van der Waals surface area contributed by atoms with E-state index in [1.165, 1.54) is 63.4 Å². The SMILES string of the molecule is CC(C)=C(C)CCC[C@H](C)CCC[C@H](C)CCCC(C)C. The first-order valence-electron chi connectivity index (χ1n) is 9.45. The Labute approximate surface area is 135 Å². The quantitative estimate of drug-likeness (QED) is 0.322. The van der Waals surface area contributed by atoms with Crippen LogP contribution in [0.5, 0.6) is 0 Å². The fraction of sp³-hybridized carbons (Fsp3) is 0.905. The Bertz CT molecular complexity index is 268. The van der Waals surface area contributed by atoms with Gasteiger partial charge in [0.25, 0.3) is 0 Å². The molecule has 0 saturated carbocycles. The molecule has 21 heavy (non-hydrogen) atoms. The number of allylic oxidation sites excluding steroid dienone is 2. The first-order valence-corrected chi connectivity index (χ1v) is 9.45. The molecule has 0 radical (unpaired) electrons. The van der Waals surface area contributed by atoms with Crippen molar-refractivity contribution in [3.05, 3.63) is 11.1 Å². The minimum Gasteiger partial charge on any atom is -0.0775 e. The van der Waals surface area contributed by atoms with Gasteiger partial charge in [-0.05, 0) is 51.4 Å². The van der Waals surface area contributed by atoms with Crippen LogP contribution in [0.15, 0.2) is 11.1 Å². The summed E-state index contributed by atoms with van der Waals surface area (Å²) >= 11 is 0. The number of hydrogen-bond donors (Lipinski definition) is 0. The van der Waals surface area contributed by atoms with Crippen molar-refractivity contribution in [3.63, 3.8) is 0 Å². The fourth-order valence-corrected chi connectivity index (χ4v) is 2.94. The van der Waals surface area contributed by atoms with E-state index in [0.29, 0.717) is 0 Å². The second-order valence-electron chi connectivity index (χ2n) is 8.14. The molecule has 0 N–H and O–H groups in total. The first-order chi connectivity index (χ1) is 9.82. The lowest BCUT2D eigenvalue weighted by Crippen LogP contribution is -2.00. The molecule has 0 aliphatic heterocycles. The molecular weight excluding hydrogens is 252 g/mol. The normalized spacial score (nSPS) is 14.3. The van der Waals surface area contributed by atoms with E-state index in [0.717, 1.165) is 17.8 Å². The van der Waals surface area contributed by atoms with Crippen molar-refractivity contribution in [2.24, 2.45) is 17.8 Å². The molecule has 0 amide bonds. The largest absolute Gasteiger partial charge is 0.0775 e. The fourth-order valence-electron chi connectivity index (χ4n) is 2.94. The third kappa shape index (κ3) is 13.1. The van der Waals surface area contributed by atoms with Crippen molar-refractivity contribution in [3.8, 4) is 0 Å². The van der Waals surface area contributed by atoms with Crippen molar-refractivity contribution in [2.75, 3.05) is 0 Å². The van der Waals surface area contributed by atoms with Crippen LogP contribution in [0.2, 0.25) is 0 Å². The van der Waals surface area contributed by atoms with Gasteiger partial charge in [0.2, 0.25) is 0 Å². The van der Waals surface area contributed by atoms with Gasteiger partial charge in [-0.25, -0.2) is 0 Å². The summed E-state index contributed by atoms with van der Waals surface area (Å²) in [5.41, 5.74) is 3.11. The Hall–Kier alpha value is -0.260.